The molecule has 472 valence electrons. The van der Waals surface area contributed by atoms with E-state index in [9.17, 15) is 19.8 Å². The number of unbranched alkanes of at least 4 members (excludes halogenated alkanes) is 53. The van der Waals surface area contributed by atoms with Gasteiger partial charge >= 0.3 is 5.97 Å². The highest BCUT2D eigenvalue weighted by Crippen LogP contribution is 2.18. The largest absolute Gasteiger partial charge is 0.466 e. The number of aliphatic hydroxyl groups excluding tert-OH is 2. The van der Waals surface area contributed by atoms with Gasteiger partial charge in [-0.1, -0.05) is 339 Å². The van der Waals surface area contributed by atoms with Gasteiger partial charge in [0.1, 0.15) is 0 Å². The van der Waals surface area contributed by atoms with Crippen LogP contribution in [-0.4, -0.2) is 47.4 Å². The van der Waals surface area contributed by atoms with Crippen LogP contribution in [0.1, 0.15) is 399 Å². The molecule has 0 aliphatic heterocycles. The highest BCUT2D eigenvalue weighted by molar-refractivity contribution is 5.76. The molecule has 0 rings (SSSR count). The van der Waals surface area contributed by atoms with Crippen LogP contribution in [-0.2, 0) is 14.3 Å². The van der Waals surface area contributed by atoms with Crippen LogP contribution in [0, 0.1) is 0 Å². The van der Waals surface area contributed by atoms with Crippen molar-refractivity contribution in [3.8, 4) is 0 Å². The topological polar surface area (TPSA) is 95.9 Å². The molecule has 0 heterocycles. The van der Waals surface area contributed by atoms with Crippen LogP contribution < -0.4 is 5.32 Å². The third-order valence-corrected chi connectivity index (χ3v) is 16.9. The van der Waals surface area contributed by atoms with Gasteiger partial charge in [0.05, 0.1) is 25.4 Å². The minimum atomic E-state index is -0.850. The lowest BCUT2D eigenvalue weighted by atomic mass is 10.0. The summed E-state index contributed by atoms with van der Waals surface area (Å²) < 4.78 is 5.51. The van der Waals surface area contributed by atoms with Gasteiger partial charge < -0.3 is 20.3 Å². The Morgan fingerprint density at radius 1 is 0.338 bits per heavy atom. The zero-order chi connectivity index (χ0) is 57.8. The van der Waals surface area contributed by atoms with Crippen molar-refractivity contribution >= 4 is 11.9 Å². The number of carbonyl (C=O) groups excluding carboxylic acids is 2. The second-order valence-corrected chi connectivity index (χ2v) is 24.9. The lowest BCUT2D eigenvalue weighted by Crippen LogP contribution is -2.45. The van der Waals surface area contributed by atoms with Gasteiger partial charge in [-0.05, 0) is 83.5 Å². The van der Waals surface area contributed by atoms with Crippen LogP contribution in [0.4, 0.5) is 0 Å². The molecule has 0 aliphatic rings. The van der Waals surface area contributed by atoms with Crippen molar-refractivity contribution in [1.82, 2.24) is 5.32 Å². The summed E-state index contributed by atoms with van der Waals surface area (Å²) in [6.07, 6.45) is 89.4. The maximum absolute atomic E-state index is 12.5. The first-order valence-corrected chi connectivity index (χ1v) is 36.3. The Bertz CT molecular complexity index is 1300. The van der Waals surface area contributed by atoms with Crippen LogP contribution in [0.15, 0.2) is 36.5 Å². The molecule has 2 atom stereocenters. The van der Waals surface area contributed by atoms with Gasteiger partial charge in [0.15, 0.2) is 0 Å². The molecule has 3 N–H and O–H groups in total. The van der Waals surface area contributed by atoms with Gasteiger partial charge in [-0.15, -0.1) is 0 Å². The molecule has 80 heavy (non-hydrogen) atoms. The molecule has 0 aromatic rings. The minimum absolute atomic E-state index is 0.0112. The Hall–Kier alpha value is -1.92. The Kier molecular flexibility index (Phi) is 67.9. The first-order valence-electron chi connectivity index (χ1n) is 36.3. The molecule has 0 radical (unpaired) electrons. The van der Waals surface area contributed by atoms with Crippen LogP contribution in [0.2, 0.25) is 0 Å². The summed E-state index contributed by atoms with van der Waals surface area (Å²) in [5.74, 6) is -0.0595. The average Bonchev–Trinajstić information content (AvgIpc) is 3.46. The molecular formula is C74H141NO5. The minimum Gasteiger partial charge on any atom is -0.466 e. The van der Waals surface area contributed by atoms with Gasteiger partial charge in [0, 0.05) is 12.8 Å². The number of allylic oxidation sites excluding steroid dienone is 5. The molecule has 6 heteroatoms. The van der Waals surface area contributed by atoms with E-state index in [2.05, 4.69) is 43.5 Å². The first kappa shape index (κ1) is 78.1. The van der Waals surface area contributed by atoms with E-state index in [4.69, 9.17) is 4.74 Å². The van der Waals surface area contributed by atoms with E-state index in [0.717, 1.165) is 51.4 Å². The zero-order valence-corrected chi connectivity index (χ0v) is 54.1. The summed E-state index contributed by atoms with van der Waals surface area (Å²) >= 11 is 0. The van der Waals surface area contributed by atoms with Crippen LogP contribution in [0.25, 0.3) is 0 Å². The molecule has 0 saturated heterocycles. The lowest BCUT2D eigenvalue weighted by Gasteiger charge is -2.20. The number of carbonyl (C=O) groups is 2. The molecule has 2 unspecified atom stereocenters. The molecule has 0 aliphatic carbocycles. The fourth-order valence-electron chi connectivity index (χ4n) is 11.3. The second kappa shape index (κ2) is 69.6. The van der Waals surface area contributed by atoms with Crippen LogP contribution in [0.3, 0.4) is 0 Å². The second-order valence-electron chi connectivity index (χ2n) is 24.9. The summed E-state index contributed by atoms with van der Waals surface area (Å²) in [6.45, 7) is 4.93. The molecule has 1 amide bonds. The van der Waals surface area contributed by atoms with E-state index in [1.807, 2.05) is 6.08 Å². The van der Waals surface area contributed by atoms with E-state index in [0.29, 0.717) is 19.4 Å². The number of hydrogen-bond acceptors (Lipinski definition) is 5. The van der Waals surface area contributed by atoms with Crippen molar-refractivity contribution in [1.29, 1.82) is 0 Å². The molecule has 0 aromatic carbocycles. The molecule has 0 bridgehead atoms. The number of rotatable bonds is 68. The third kappa shape index (κ3) is 65.2. The normalized spacial score (nSPS) is 12.7. The van der Waals surface area contributed by atoms with E-state index >= 15 is 0 Å². The number of esters is 1. The Morgan fingerprint density at radius 3 is 0.887 bits per heavy atom. The van der Waals surface area contributed by atoms with E-state index in [-0.39, 0.29) is 18.5 Å². The predicted octanol–water partition coefficient (Wildman–Crippen LogP) is 23.5. The molecule has 0 saturated carbocycles. The highest BCUT2D eigenvalue weighted by Gasteiger charge is 2.18. The smallest absolute Gasteiger partial charge is 0.305 e. The maximum atomic E-state index is 12.5. The monoisotopic (exact) mass is 1120 g/mol. The molecule has 0 aromatic heterocycles. The number of ether oxygens (including phenoxy) is 1. The van der Waals surface area contributed by atoms with Gasteiger partial charge in [-0.25, -0.2) is 0 Å². The fourth-order valence-corrected chi connectivity index (χ4v) is 11.3. The molecule has 0 fully saturated rings. The number of nitrogens with one attached hydrogen (secondary N) is 1. The number of amides is 1. The van der Waals surface area contributed by atoms with Crippen molar-refractivity contribution in [2.45, 2.75) is 411 Å². The van der Waals surface area contributed by atoms with Crippen molar-refractivity contribution in [2.75, 3.05) is 13.2 Å². The summed E-state index contributed by atoms with van der Waals surface area (Å²) in [6, 6.07) is -0.634. The summed E-state index contributed by atoms with van der Waals surface area (Å²) in [7, 11) is 0. The molecule has 0 spiro atoms. The SMILES string of the molecule is CCCCCCCC/C=C\CCCCCCCCCCCC(=O)OCCCCCCCCCCCCCC/C=C\CCCCCCCCCC(=O)NC(CO)C(O)/C=C/CCCCCCCCCCCCCCCCCCCCC. The van der Waals surface area contributed by atoms with Gasteiger partial charge in [-0.3, -0.25) is 9.59 Å². The van der Waals surface area contributed by atoms with Crippen molar-refractivity contribution in [3.05, 3.63) is 36.5 Å². The van der Waals surface area contributed by atoms with Crippen molar-refractivity contribution in [3.63, 3.8) is 0 Å². The van der Waals surface area contributed by atoms with Crippen LogP contribution in [0.5, 0.6) is 0 Å². The van der Waals surface area contributed by atoms with Gasteiger partial charge in [0.2, 0.25) is 5.91 Å². The first-order chi connectivity index (χ1) is 39.5. The fraction of sp³-hybridized carbons (Fsp3) is 0.892. The summed E-state index contributed by atoms with van der Waals surface area (Å²) in [5.41, 5.74) is 0. The summed E-state index contributed by atoms with van der Waals surface area (Å²) in [5, 5.41) is 23.2. The Balaban J connectivity index is 3.42. The summed E-state index contributed by atoms with van der Waals surface area (Å²) in [4.78, 5) is 24.6. The average molecular weight is 1120 g/mol. The van der Waals surface area contributed by atoms with Crippen molar-refractivity contribution < 1.29 is 24.5 Å². The third-order valence-electron chi connectivity index (χ3n) is 16.9. The predicted molar refractivity (Wildman–Crippen MR) is 352 cm³/mol. The molecule has 6 nitrogen and oxygen atoms in total. The van der Waals surface area contributed by atoms with E-state index in [1.165, 1.54) is 321 Å². The maximum Gasteiger partial charge on any atom is 0.305 e. The van der Waals surface area contributed by atoms with Crippen LogP contribution >= 0.6 is 0 Å². The van der Waals surface area contributed by atoms with Gasteiger partial charge in [-0.2, -0.15) is 0 Å². The molecular weight excluding hydrogens is 983 g/mol. The zero-order valence-electron chi connectivity index (χ0n) is 54.1. The highest BCUT2D eigenvalue weighted by atomic mass is 16.5. The standard InChI is InChI=1S/C74H141NO5/c1-3-5-7-9-11-13-15-17-19-21-23-27-31-34-38-42-46-50-54-58-62-66-72(77)71(70-76)75-73(78)67-63-59-55-51-47-43-39-35-32-28-25-24-26-29-33-37-41-45-49-53-57-61-65-69-80-74(79)68-64-60-56-52-48-44-40-36-30-22-20-18-16-14-12-10-8-6-4-2/h18,20,28,32,62,66,71-72,76-77H,3-17,19,21-27,29-31,33-61,63-65,67-70H2,1-2H3,(H,75,78)/b20-18-,32-28-,66-62+. The van der Waals surface area contributed by atoms with Gasteiger partial charge in [0.25, 0.3) is 0 Å². The lowest BCUT2D eigenvalue weighted by molar-refractivity contribution is -0.143. The van der Waals surface area contributed by atoms with E-state index < -0.39 is 12.1 Å². The quantitative estimate of drug-likeness (QED) is 0.0320. The number of hydrogen-bond donors (Lipinski definition) is 3. The Labute approximate surface area is 500 Å². The van der Waals surface area contributed by atoms with Crippen molar-refractivity contribution in [2.24, 2.45) is 0 Å². The number of aliphatic hydroxyl groups is 2. The van der Waals surface area contributed by atoms with E-state index in [1.54, 1.807) is 6.08 Å². The Morgan fingerprint density at radius 2 is 0.588 bits per heavy atom.